The first-order valence-electron chi connectivity index (χ1n) is 12.1. The Labute approximate surface area is 225 Å². The summed E-state index contributed by atoms with van der Waals surface area (Å²) in [6, 6.07) is 35.4. The van der Waals surface area contributed by atoms with Crippen molar-refractivity contribution in [2.75, 3.05) is 5.32 Å². The third-order valence-electron chi connectivity index (χ3n) is 6.71. The molecule has 1 heterocycles. The normalized spacial score (nSPS) is 14.9. The second kappa shape index (κ2) is 9.85. The number of nitrogens with one attached hydrogen (secondary N) is 1. The number of aliphatic imine (C=N–C) groups is 1. The summed E-state index contributed by atoms with van der Waals surface area (Å²) in [5.41, 5.74) is 5.74. The fourth-order valence-corrected chi connectivity index (χ4v) is 5.05. The number of ketones is 1. The van der Waals surface area contributed by atoms with Crippen molar-refractivity contribution in [2.24, 2.45) is 4.99 Å². The molecule has 5 aromatic carbocycles. The van der Waals surface area contributed by atoms with Crippen LogP contribution in [0.5, 0.6) is 0 Å². The highest BCUT2D eigenvalue weighted by Crippen LogP contribution is 2.38. The lowest BCUT2D eigenvalue weighted by molar-refractivity contribution is 0.103. The fourth-order valence-electron chi connectivity index (χ4n) is 4.75. The van der Waals surface area contributed by atoms with Gasteiger partial charge in [0.05, 0.1) is 33.2 Å². The summed E-state index contributed by atoms with van der Waals surface area (Å²) in [6.45, 7) is 0. The van der Waals surface area contributed by atoms with Gasteiger partial charge in [0.15, 0.2) is 5.78 Å². The average Bonchev–Trinajstić information content (AvgIpc) is 3.14. The van der Waals surface area contributed by atoms with E-state index in [0.29, 0.717) is 33.3 Å². The Morgan fingerprint density at radius 2 is 1.51 bits per heavy atom. The number of carbonyl (C=O) groups excluding carboxylic acids is 1. The lowest BCUT2D eigenvalue weighted by Crippen LogP contribution is -2.14. The van der Waals surface area contributed by atoms with Crippen LogP contribution in [0.4, 0.5) is 11.4 Å². The zero-order valence-electron chi connectivity index (χ0n) is 19.8. The Bertz CT molecular complexity index is 1680. The number of halogens is 2. The molecule has 0 saturated heterocycles. The number of nitrogens with zero attached hydrogens (tertiary/aromatic N) is 1. The smallest absolute Gasteiger partial charge is 0.193 e. The molecule has 0 radical (unpaired) electrons. The molecule has 0 spiro atoms. The highest BCUT2D eigenvalue weighted by atomic mass is 35.5. The molecule has 0 saturated carbocycles. The van der Waals surface area contributed by atoms with Crippen molar-refractivity contribution in [2.45, 2.75) is 12.5 Å². The predicted molar refractivity (Wildman–Crippen MR) is 154 cm³/mol. The van der Waals surface area contributed by atoms with Crippen LogP contribution in [-0.2, 0) is 0 Å². The van der Waals surface area contributed by atoms with Gasteiger partial charge in [0, 0.05) is 17.5 Å². The Kier molecular flexibility index (Phi) is 6.25. The van der Waals surface area contributed by atoms with Crippen LogP contribution in [0.15, 0.2) is 114 Å². The molecule has 0 aromatic heterocycles. The maximum Gasteiger partial charge on any atom is 0.193 e. The van der Waals surface area contributed by atoms with Crippen LogP contribution in [0.25, 0.3) is 10.8 Å². The third-order valence-corrected chi connectivity index (χ3v) is 7.45. The lowest BCUT2D eigenvalue weighted by atomic mass is 9.95. The van der Waals surface area contributed by atoms with Gasteiger partial charge in [-0.2, -0.15) is 0 Å². The second-order valence-corrected chi connectivity index (χ2v) is 9.94. The average molecular weight is 521 g/mol. The standard InChI is InChI=1S/C32H22Cl2N2O/c33-26-14-12-24(17-27(26)34)30-19-29(23-11-10-20-6-4-5-9-22(20)16-23)35-28-15-13-25(18-31(28)36-30)32(37)21-7-2-1-3-8-21/h1-18,29,35H,19H2/t29-/m0/s1. The van der Waals surface area contributed by atoms with Crippen molar-refractivity contribution >= 4 is 56.8 Å². The van der Waals surface area contributed by atoms with Crippen LogP contribution >= 0.6 is 23.2 Å². The monoisotopic (exact) mass is 520 g/mol. The molecule has 0 unspecified atom stereocenters. The first-order valence-corrected chi connectivity index (χ1v) is 12.8. The maximum atomic E-state index is 13.2. The molecule has 3 nitrogen and oxygen atoms in total. The van der Waals surface area contributed by atoms with E-state index >= 15 is 0 Å². The molecule has 1 atom stereocenters. The Morgan fingerprint density at radius 1 is 0.730 bits per heavy atom. The van der Waals surface area contributed by atoms with Crippen LogP contribution in [0.1, 0.15) is 39.5 Å². The number of fused-ring (bicyclic) bond motifs is 2. The van der Waals surface area contributed by atoms with Gasteiger partial charge in [-0.25, -0.2) is 0 Å². The summed E-state index contributed by atoms with van der Waals surface area (Å²) >= 11 is 12.6. The molecular weight excluding hydrogens is 499 g/mol. The van der Waals surface area contributed by atoms with Gasteiger partial charge in [-0.05, 0) is 58.3 Å². The molecule has 0 fully saturated rings. The zero-order chi connectivity index (χ0) is 25.4. The highest BCUT2D eigenvalue weighted by molar-refractivity contribution is 6.42. The molecule has 0 bridgehead atoms. The molecule has 1 N–H and O–H groups in total. The first kappa shape index (κ1) is 23.5. The van der Waals surface area contributed by atoms with Crippen molar-refractivity contribution in [1.82, 2.24) is 0 Å². The number of hydrogen-bond acceptors (Lipinski definition) is 3. The van der Waals surface area contributed by atoms with E-state index in [4.69, 9.17) is 28.2 Å². The van der Waals surface area contributed by atoms with Gasteiger partial charge in [0.1, 0.15) is 0 Å². The quantitative estimate of drug-likeness (QED) is 0.240. The zero-order valence-corrected chi connectivity index (χ0v) is 21.3. The lowest BCUT2D eigenvalue weighted by Gasteiger charge is -2.20. The number of benzene rings is 5. The molecule has 5 heteroatoms. The molecule has 5 aromatic rings. The second-order valence-electron chi connectivity index (χ2n) is 9.12. The van der Waals surface area contributed by atoms with E-state index in [1.165, 1.54) is 10.8 Å². The van der Waals surface area contributed by atoms with Gasteiger partial charge in [-0.3, -0.25) is 9.79 Å². The van der Waals surface area contributed by atoms with E-state index in [9.17, 15) is 4.79 Å². The van der Waals surface area contributed by atoms with Gasteiger partial charge in [-0.15, -0.1) is 0 Å². The number of rotatable bonds is 4. The molecule has 0 amide bonds. The number of hydrogen-bond donors (Lipinski definition) is 1. The number of anilines is 1. The van der Waals surface area contributed by atoms with Crippen molar-refractivity contribution in [3.63, 3.8) is 0 Å². The molecule has 180 valence electrons. The van der Waals surface area contributed by atoms with Gasteiger partial charge in [-0.1, -0.05) is 96.0 Å². The van der Waals surface area contributed by atoms with Gasteiger partial charge in [0.25, 0.3) is 0 Å². The van der Waals surface area contributed by atoms with Crippen LogP contribution < -0.4 is 5.32 Å². The summed E-state index contributed by atoms with van der Waals surface area (Å²) in [4.78, 5) is 18.2. The Balaban J connectivity index is 1.46. The molecule has 1 aliphatic heterocycles. The van der Waals surface area contributed by atoms with E-state index in [2.05, 4.69) is 41.7 Å². The molecule has 6 rings (SSSR count). The van der Waals surface area contributed by atoms with Crippen molar-refractivity contribution in [3.8, 4) is 0 Å². The van der Waals surface area contributed by atoms with E-state index in [-0.39, 0.29) is 11.8 Å². The van der Waals surface area contributed by atoms with Gasteiger partial charge >= 0.3 is 0 Å². The van der Waals surface area contributed by atoms with Gasteiger partial charge < -0.3 is 5.32 Å². The minimum atomic E-state index is -0.0370. The molecular formula is C32H22Cl2N2O. The van der Waals surface area contributed by atoms with E-state index < -0.39 is 0 Å². The predicted octanol–water partition coefficient (Wildman–Crippen LogP) is 9.06. The van der Waals surface area contributed by atoms with Crippen molar-refractivity contribution in [3.05, 3.63) is 141 Å². The summed E-state index contributed by atoms with van der Waals surface area (Å²) in [7, 11) is 0. The van der Waals surface area contributed by atoms with Crippen LogP contribution in [-0.4, -0.2) is 11.5 Å². The summed E-state index contributed by atoms with van der Waals surface area (Å²) in [5, 5.41) is 7.05. The summed E-state index contributed by atoms with van der Waals surface area (Å²) < 4.78 is 0. The van der Waals surface area contributed by atoms with Crippen LogP contribution in [0.2, 0.25) is 10.0 Å². The third kappa shape index (κ3) is 4.76. The summed E-state index contributed by atoms with van der Waals surface area (Å²) in [6.07, 6.45) is 0.632. The Morgan fingerprint density at radius 3 is 2.32 bits per heavy atom. The van der Waals surface area contributed by atoms with Crippen molar-refractivity contribution in [1.29, 1.82) is 0 Å². The molecule has 1 aliphatic rings. The molecule has 0 aliphatic carbocycles. The summed E-state index contributed by atoms with van der Waals surface area (Å²) in [5.74, 6) is -0.0370. The fraction of sp³-hybridized carbons (Fsp3) is 0.0625. The first-order chi connectivity index (χ1) is 18.0. The van der Waals surface area contributed by atoms with Crippen molar-refractivity contribution < 1.29 is 4.79 Å². The highest BCUT2D eigenvalue weighted by Gasteiger charge is 2.23. The maximum absolute atomic E-state index is 13.2. The largest absolute Gasteiger partial charge is 0.376 e. The number of carbonyl (C=O) groups is 1. The Hall–Kier alpha value is -3.92. The topological polar surface area (TPSA) is 41.5 Å². The minimum Gasteiger partial charge on any atom is -0.376 e. The van der Waals surface area contributed by atoms with Gasteiger partial charge in [0.2, 0.25) is 0 Å². The molecule has 37 heavy (non-hydrogen) atoms. The van der Waals surface area contributed by atoms with E-state index in [0.717, 1.165) is 22.5 Å². The minimum absolute atomic E-state index is 0.0327. The van der Waals surface area contributed by atoms with E-state index in [1.807, 2.05) is 66.7 Å². The van der Waals surface area contributed by atoms with Crippen LogP contribution in [0, 0.1) is 0 Å². The SMILES string of the molecule is O=C(c1ccccc1)c1ccc2c(c1)N=C(c1ccc(Cl)c(Cl)c1)C[C@@H](c1ccc3ccccc3c1)N2. The van der Waals surface area contributed by atoms with E-state index in [1.54, 1.807) is 6.07 Å². The van der Waals surface area contributed by atoms with Crippen LogP contribution in [0.3, 0.4) is 0 Å².